The van der Waals surface area contributed by atoms with Crippen LogP contribution in [0.5, 0.6) is 0 Å². The van der Waals surface area contributed by atoms with Crippen molar-refractivity contribution in [3.63, 3.8) is 0 Å². The maximum atomic E-state index is 6.25. The summed E-state index contributed by atoms with van der Waals surface area (Å²) in [5, 5.41) is 3.95. The summed E-state index contributed by atoms with van der Waals surface area (Å²) < 4.78 is 15.5. The van der Waals surface area contributed by atoms with E-state index in [-0.39, 0.29) is 0 Å². The number of hydrogen-bond donors (Lipinski definition) is 1. The predicted octanol–water partition coefficient (Wildman–Crippen LogP) is 0.613. The van der Waals surface area contributed by atoms with Crippen LogP contribution in [0.3, 0.4) is 0 Å². The molecule has 2 rings (SSSR count). The van der Waals surface area contributed by atoms with Gasteiger partial charge in [-0.15, -0.1) is 0 Å². The fraction of sp³-hybridized carbons (Fsp3) is 0.818. The van der Waals surface area contributed by atoms with Crippen LogP contribution >= 0.6 is 0 Å². The van der Waals surface area contributed by atoms with Crippen LogP contribution in [-0.2, 0) is 21.4 Å². The number of rotatable bonds is 5. The molecule has 0 aromatic carbocycles. The molecule has 1 aromatic heterocycles. The van der Waals surface area contributed by atoms with Gasteiger partial charge in [-0.1, -0.05) is 5.16 Å². The number of methoxy groups -OCH3 is 1. The maximum absolute atomic E-state index is 6.25. The van der Waals surface area contributed by atoms with Gasteiger partial charge in [0.05, 0.1) is 0 Å². The van der Waals surface area contributed by atoms with E-state index in [1.807, 2.05) is 0 Å². The molecule has 0 aliphatic carbocycles. The third-order valence-corrected chi connectivity index (χ3v) is 3.03. The minimum Gasteiger partial charge on any atom is -0.385 e. The summed E-state index contributed by atoms with van der Waals surface area (Å²) in [7, 11) is 1.68. The first-order valence-electron chi connectivity index (χ1n) is 5.93. The molecule has 0 unspecified atom stereocenters. The highest BCUT2D eigenvalue weighted by atomic mass is 16.5. The van der Waals surface area contributed by atoms with Crippen molar-refractivity contribution in [3.05, 3.63) is 11.7 Å². The number of aromatic nitrogens is 2. The lowest BCUT2D eigenvalue weighted by molar-refractivity contribution is 0.0400. The van der Waals surface area contributed by atoms with Crippen LogP contribution in [0.1, 0.15) is 31.0 Å². The second-order valence-corrected chi connectivity index (χ2v) is 4.38. The molecule has 2 heterocycles. The lowest BCUT2D eigenvalue weighted by Gasteiger charge is -2.29. The minimum atomic E-state index is -0.509. The first-order chi connectivity index (χ1) is 8.24. The van der Waals surface area contributed by atoms with Gasteiger partial charge in [-0.05, 0) is 19.3 Å². The Hall–Kier alpha value is -0.980. The van der Waals surface area contributed by atoms with Crippen LogP contribution in [0.2, 0.25) is 0 Å². The van der Waals surface area contributed by atoms with Crippen molar-refractivity contribution in [1.82, 2.24) is 10.1 Å². The molecule has 17 heavy (non-hydrogen) atoms. The third-order valence-electron chi connectivity index (χ3n) is 3.03. The molecule has 1 aliphatic heterocycles. The fourth-order valence-corrected chi connectivity index (χ4v) is 1.88. The van der Waals surface area contributed by atoms with Crippen molar-refractivity contribution >= 4 is 0 Å². The molecule has 6 heteroatoms. The highest BCUT2D eigenvalue weighted by Gasteiger charge is 2.35. The largest absolute Gasteiger partial charge is 0.385 e. The highest BCUT2D eigenvalue weighted by molar-refractivity contribution is 5.03. The van der Waals surface area contributed by atoms with Crippen molar-refractivity contribution in [2.75, 3.05) is 26.9 Å². The molecule has 1 aliphatic rings. The molecule has 96 valence electrons. The molecule has 1 fully saturated rings. The molecule has 0 saturated carbocycles. The summed E-state index contributed by atoms with van der Waals surface area (Å²) in [5.41, 5.74) is 5.74. The number of nitrogens with zero attached hydrogens (tertiary/aromatic N) is 2. The van der Waals surface area contributed by atoms with Gasteiger partial charge in [0.15, 0.2) is 5.82 Å². The molecular formula is C11H19N3O3. The van der Waals surface area contributed by atoms with Gasteiger partial charge in [-0.2, -0.15) is 4.98 Å². The van der Waals surface area contributed by atoms with Gasteiger partial charge in [0, 0.05) is 33.4 Å². The Morgan fingerprint density at radius 1 is 1.41 bits per heavy atom. The van der Waals surface area contributed by atoms with Gasteiger partial charge in [-0.25, -0.2) is 0 Å². The van der Waals surface area contributed by atoms with Gasteiger partial charge >= 0.3 is 0 Å². The molecule has 1 saturated heterocycles. The van der Waals surface area contributed by atoms with Crippen molar-refractivity contribution < 1.29 is 14.0 Å². The summed E-state index contributed by atoms with van der Waals surface area (Å²) in [5.74, 6) is 1.24. The standard InChI is InChI=1S/C11H19N3O3/c1-15-6-2-3-9-13-10(17-14-9)11(12)4-7-16-8-5-11/h2-8,12H2,1H3. The summed E-state index contributed by atoms with van der Waals surface area (Å²) in [6.45, 7) is 2.00. The maximum Gasteiger partial charge on any atom is 0.246 e. The second-order valence-electron chi connectivity index (χ2n) is 4.38. The van der Waals surface area contributed by atoms with E-state index < -0.39 is 5.54 Å². The van der Waals surface area contributed by atoms with E-state index >= 15 is 0 Å². The summed E-state index contributed by atoms with van der Waals surface area (Å²) >= 11 is 0. The Morgan fingerprint density at radius 3 is 2.88 bits per heavy atom. The third kappa shape index (κ3) is 3.02. The van der Waals surface area contributed by atoms with Crippen LogP contribution in [-0.4, -0.2) is 37.1 Å². The van der Waals surface area contributed by atoms with E-state index in [9.17, 15) is 0 Å². The zero-order valence-electron chi connectivity index (χ0n) is 10.1. The van der Waals surface area contributed by atoms with Crippen LogP contribution in [0, 0.1) is 0 Å². The lowest BCUT2D eigenvalue weighted by Crippen LogP contribution is -2.42. The first-order valence-corrected chi connectivity index (χ1v) is 5.93. The lowest BCUT2D eigenvalue weighted by atomic mass is 9.91. The Bertz CT molecular complexity index is 347. The average Bonchev–Trinajstić information content (AvgIpc) is 2.80. The second kappa shape index (κ2) is 5.57. The molecule has 0 radical (unpaired) electrons. The monoisotopic (exact) mass is 241 g/mol. The molecule has 6 nitrogen and oxygen atoms in total. The van der Waals surface area contributed by atoms with E-state index in [0.29, 0.717) is 31.5 Å². The molecule has 0 atom stereocenters. The van der Waals surface area contributed by atoms with Crippen molar-refractivity contribution in [2.24, 2.45) is 5.73 Å². The zero-order valence-corrected chi connectivity index (χ0v) is 10.1. The van der Waals surface area contributed by atoms with E-state index in [4.69, 9.17) is 19.7 Å². The molecule has 0 bridgehead atoms. The molecule has 0 spiro atoms. The van der Waals surface area contributed by atoms with Crippen LogP contribution in [0.4, 0.5) is 0 Å². The summed E-state index contributed by atoms with van der Waals surface area (Å²) in [4.78, 5) is 4.36. The Labute approximate surface area is 100 Å². The highest BCUT2D eigenvalue weighted by Crippen LogP contribution is 2.27. The SMILES string of the molecule is COCCCc1noc(C2(N)CCOCC2)n1. The van der Waals surface area contributed by atoms with Crippen molar-refractivity contribution in [1.29, 1.82) is 0 Å². The zero-order chi connectivity index (χ0) is 12.1. The average molecular weight is 241 g/mol. The minimum absolute atomic E-state index is 0.509. The molecule has 2 N–H and O–H groups in total. The van der Waals surface area contributed by atoms with Crippen LogP contribution in [0.25, 0.3) is 0 Å². The van der Waals surface area contributed by atoms with Gasteiger partial charge < -0.3 is 19.7 Å². The quantitative estimate of drug-likeness (QED) is 0.760. The Balaban J connectivity index is 1.96. The smallest absolute Gasteiger partial charge is 0.246 e. The Morgan fingerprint density at radius 2 is 2.18 bits per heavy atom. The fourth-order valence-electron chi connectivity index (χ4n) is 1.88. The van der Waals surface area contributed by atoms with Gasteiger partial charge in [0.2, 0.25) is 5.89 Å². The van der Waals surface area contributed by atoms with E-state index in [1.165, 1.54) is 0 Å². The summed E-state index contributed by atoms with van der Waals surface area (Å²) in [6, 6.07) is 0. The van der Waals surface area contributed by atoms with Crippen LogP contribution in [0.15, 0.2) is 4.52 Å². The van der Waals surface area contributed by atoms with Crippen molar-refractivity contribution in [3.8, 4) is 0 Å². The van der Waals surface area contributed by atoms with Crippen molar-refractivity contribution in [2.45, 2.75) is 31.2 Å². The van der Waals surface area contributed by atoms with E-state index in [2.05, 4.69) is 10.1 Å². The molecular weight excluding hydrogens is 222 g/mol. The van der Waals surface area contributed by atoms with Gasteiger partial charge in [0.1, 0.15) is 5.54 Å². The van der Waals surface area contributed by atoms with Gasteiger partial charge in [-0.3, -0.25) is 0 Å². The predicted molar refractivity (Wildman–Crippen MR) is 60.4 cm³/mol. The number of ether oxygens (including phenoxy) is 2. The summed E-state index contributed by atoms with van der Waals surface area (Å²) in [6.07, 6.45) is 3.10. The molecule has 1 aromatic rings. The molecule has 0 amide bonds. The normalized spacial score (nSPS) is 19.4. The number of hydrogen-bond acceptors (Lipinski definition) is 6. The number of nitrogens with two attached hydrogens (primary N) is 1. The van der Waals surface area contributed by atoms with Gasteiger partial charge in [0.25, 0.3) is 0 Å². The number of aryl methyl sites for hydroxylation is 1. The van der Waals surface area contributed by atoms with E-state index in [1.54, 1.807) is 7.11 Å². The first kappa shape index (κ1) is 12.5. The van der Waals surface area contributed by atoms with E-state index in [0.717, 1.165) is 25.7 Å². The Kier molecular flexibility index (Phi) is 4.09. The van der Waals surface area contributed by atoms with Crippen LogP contribution < -0.4 is 5.73 Å². The topological polar surface area (TPSA) is 83.4 Å².